The Labute approximate surface area is 155 Å². The minimum atomic E-state index is -0.205. The van der Waals surface area contributed by atoms with Crippen LogP contribution in [0, 0.1) is 20.8 Å². The molecule has 130 valence electrons. The minimum absolute atomic E-state index is 0.205. The van der Waals surface area contributed by atoms with Gasteiger partial charge >= 0.3 is 0 Å². The molecule has 1 N–H and O–H groups in total. The van der Waals surface area contributed by atoms with Crippen molar-refractivity contribution in [2.75, 3.05) is 5.32 Å². The second-order valence-electron chi connectivity index (χ2n) is 6.37. The highest BCUT2D eigenvalue weighted by molar-refractivity contribution is 7.15. The van der Waals surface area contributed by atoms with Crippen LogP contribution < -0.4 is 5.32 Å². The molecule has 0 aliphatic rings. The van der Waals surface area contributed by atoms with Gasteiger partial charge in [0.2, 0.25) is 4.96 Å². The Morgan fingerprint density at radius 1 is 1.04 bits per heavy atom. The number of nitrogens with zero attached hydrogens (tertiary/aromatic N) is 3. The van der Waals surface area contributed by atoms with Gasteiger partial charge in [0.05, 0.1) is 5.69 Å². The van der Waals surface area contributed by atoms with E-state index in [1.54, 1.807) is 4.52 Å². The lowest BCUT2D eigenvalue weighted by Crippen LogP contribution is -2.13. The van der Waals surface area contributed by atoms with Crippen LogP contribution in [0.4, 0.5) is 5.95 Å². The van der Waals surface area contributed by atoms with E-state index < -0.39 is 0 Å². The second kappa shape index (κ2) is 6.38. The van der Waals surface area contributed by atoms with Crippen LogP contribution in [0.2, 0.25) is 0 Å². The number of aromatic nitrogens is 3. The third-order valence-electron chi connectivity index (χ3n) is 4.42. The molecule has 4 rings (SSSR count). The van der Waals surface area contributed by atoms with Crippen molar-refractivity contribution >= 4 is 28.2 Å². The van der Waals surface area contributed by atoms with Crippen LogP contribution in [0.15, 0.2) is 47.8 Å². The van der Waals surface area contributed by atoms with Crippen LogP contribution in [0.5, 0.6) is 0 Å². The third-order valence-corrected chi connectivity index (χ3v) is 5.24. The van der Waals surface area contributed by atoms with Gasteiger partial charge in [0.1, 0.15) is 0 Å². The highest BCUT2D eigenvalue weighted by Crippen LogP contribution is 2.26. The van der Waals surface area contributed by atoms with E-state index in [-0.39, 0.29) is 5.91 Å². The molecule has 5 nitrogen and oxygen atoms in total. The van der Waals surface area contributed by atoms with Crippen molar-refractivity contribution in [3.63, 3.8) is 0 Å². The number of hydrogen-bond donors (Lipinski definition) is 1. The van der Waals surface area contributed by atoms with Crippen LogP contribution >= 0.6 is 11.3 Å². The van der Waals surface area contributed by atoms with E-state index in [2.05, 4.69) is 46.6 Å². The fraction of sp³-hybridized carbons (Fsp3) is 0.150. The van der Waals surface area contributed by atoms with Gasteiger partial charge in [-0.1, -0.05) is 35.9 Å². The van der Waals surface area contributed by atoms with Gasteiger partial charge in [-0.15, -0.1) is 16.4 Å². The first-order valence-electron chi connectivity index (χ1n) is 8.31. The Balaban J connectivity index is 1.62. The molecule has 0 aliphatic carbocycles. The zero-order valence-electron chi connectivity index (χ0n) is 14.8. The van der Waals surface area contributed by atoms with Crippen molar-refractivity contribution in [1.82, 2.24) is 14.6 Å². The maximum absolute atomic E-state index is 12.5. The molecule has 1 amide bonds. The van der Waals surface area contributed by atoms with E-state index in [1.165, 1.54) is 16.9 Å². The number of carbonyl (C=O) groups is 1. The number of fused-ring (bicyclic) bond motifs is 1. The summed E-state index contributed by atoms with van der Waals surface area (Å²) in [5.41, 5.74) is 6.08. The summed E-state index contributed by atoms with van der Waals surface area (Å²) in [6.45, 7) is 6.07. The lowest BCUT2D eigenvalue weighted by molar-refractivity contribution is 0.102. The maximum atomic E-state index is 12.5. The molecule has 2 heterocycles. The number of rotatable bonds is 3. The largest absolute Gasteiger partial charge is 0.289 e. The monoisotopic (exact) mass is 362 g/mol. The van der Waals surface area contributed by atoms with Crippen molar-refractivity contribution in [2.45, 2.75) is 20.8 Å². The van der Waals surface area contributed by atoms with Gasteiger partial charge in [-0.25, -0.2) is 4.52 Å². The van der Waals surface area contributed by atoms with Crippen LogP contribution in [0.25, 0.3) is 16.2 Å². The fourth-order valence-electron chi connectivity index (χ4n) is 2.71. The molecule has 0 bridgehead atoms. The Bertz CT molecular complexity index is 1110. The third kappa shape index (κ3) is 2.99. The van der Waals surface area contributed by atoms with E-state index >= 15 is 0 Å². The Hall–Kier alpha value is -2.99. The van der Waals surface area contributed by atoms with E-state index in [0.717, 1.165) is 27.3 Å². The van der Waals surface area contributed by atoms with Crippen molar-refractivity contribution < 1.29 is 4.79 Å². The molecule has 4 aromatic rings. The van der Waals surface area contributed by atoms with Crippen LogP contribution in [-0.4, -0.2) is 20.5 Å². The molecule has 0 fully saturated rings. The number of hydrogen-bond acceptors (Lipinski definition) is 4. The lowest BCUT2D eigenvalue weighted by Gasteiger charge is -2.04. The summed E-state index contributed by atoms with van der Waals surface area (Å²) in [4.78, 5) is 17.6. The molecular weight excluding hydrogens is 344 g/mol. The summed E-state index contributed by atoms with van der Waals surface area (Å²) in [7, 11) is 0. The first kappa shape index (κ1) is 16.5. The van der Waals surface area contributed by atoms with Crippen LogP contribution in [0.3, 0.4) is 0 Å². The topological polar surface area (TPSA) is 59.3 Å². The van der Waals surface area contributed by atoms with Gasteiger partial charge in [-0.3, -0.25) is 10.1 Å². The SMILES string of the molecule is Cc1ccc(-c2csc3nc(NC(=O)c4ccc(C)c(C)c4)nn23)cc1. The maximum Gasteiger partial charge on any atom is 0.258 e. The summed E-state index contributed by atoms with van der Waals surface area (Å²) < 4.78 is 1.77. The lowest BCUT2D eigenvalue weighted by atomic mass is 10.1. The highest BCUT2D eigenvalue weighted by atomic mass is 32.1. The van der Waals surface area contributed by atoms with Gasteiger partial charge in [0.25, 0.3) is 11.9 Å². The molecule has 0 saturated carbocycles. The molecule has 2 aromatic carbocycles. The Morgan fingerprint density at radius 3 is 2.54 bits per heavy atom. The minimum Gasteiger partial charge on any atom is -0.289 e. The summed E-state index contributed by atoms with van der Waals surface area (Å²) in [6.07, 6.45) is 0. The van der Waals surface area contributed by atoms with Gasteiger partial charge in [-0.05, 0) is 44.0 Å². The number of benzene rings is 2. The van der Waals surface area contributed by atoms with Gasteiger partial charge in [0.15, 0.2) is 0 Å². The van der Waals surface area contributed by atoms with Crippen molar-refractivity contribution in [3.05, 3.63) is 70.1 Å². The quantitative estimate of drug-likeness (QED) is 0.578. The molecule has 0 unspecified atom stereocenters. The van der Waals surface area contributed by atoms with Crippen LogP contribution in [-0.2, 0) is 0 Å². The highest BCUT2D eigenvalue weighted by Gasteiger charge is 2.14. The molecule has 0 spiro atoms. The Morgan fingerprint density at radius 2 is 1.81 bits per heavy atom. The van der Waals surface area contributed by atoms with Gasteiger partial charge in [-0.2, -0.15) is 4.98 Å². The van der Waals surface area contributed by atoms with E-state index in [0.29, 0.717) is 11.5 Å². The number of aryl methyl sites for hydroxylation is 3. The van der Waals surface area contributed by atoms with Crippen molar-refractivity contribution in [1.29, 1.82) is 0 Å². The molecular formula is C20H18N4OS. The molecule has 0 atom stereocenters. The smallest absolute Gasteiger partial charge is 0.258 e. The van der Waals surface area contributed by atoms with Gasteiger partial charge < -0.3 is 0 Å². The molecule has 0 saturated heterocycles. The average molecular weight is 362 g/mol. The summed E-state index contributed by atoms with van der Waals surface area (Å²) in [6, 6.07) is 13.9. The van der Waals surface area contributed by atoms with E-state index in [1.807, 2.05) is 37.4 Å². The van der Waals surface area contributed by atoms with E-state index in [4.69, 9.17) is 0 Å². The predicted molar refractivity (Wildman–Crippen MR) is 105 cm³/mol. The van der Waals surface area contributed by atoms with Gasteiger partial charge in [0, 0.05) is 16.5 Å². The summed E-state index contributed by atoms with van der Waals surface area (Å²) in [5, 5.41) is 9.28. The normalized spacial score (nSPS) is 11.0. The number of amides is 1. The molecule has 26 heavy (non-hydrogen) atoms. The fourth-order valence-corrected chi connectivity index (χ4v) is 3.54. The number of nitrogens with one attached hydrogen (secondary N) is 1. The number of carbonyl (C=O) groups excluding carboxylic acids is 1. The first-order chi connectivity index (χ1) is 12.5. The second-order valence-corrected chi connectivity index (χ2v) is 7.21. The predicted octanol–water partition coefficient (Wildman–Crippen LogP) is 4.64. The summed E-state index contributed by atoms with van der Waals surface area (Å²) in [5.74, 6) is 0.108. The van der Waals surface area contributed by atoms with E-state index in [9.17, 15) is 4.79 Å². The van der Waals surface area contributed by atoms with Crippen molar-refractivity contribution in [3.8, 4) is 11.3 Å². The summed E-state index contributed by atoms with van der Waals surface area (Å²) >= 11 is 1.50. The Kier molecular flexibility index (Phi) is 4.05. The standard InChI is InChI=1S/C20H18N4OS/c1-12-4-7-15(8-5-12)17-11-26-20-22-19(23-24(17)20)21-18(25)16-9-6-13(2)14(3)10-16/h4-11H,1-3H3,(H,21,23,25). The zero-order valence-corrected chi connectivity index (χ0v) is 15.6. The number of anilines is 1. The molecule has 6 heteroatoms. The first-order valence-corrected chi connectivity index (χ1v) is 9.19. The molecule has 0 radical (unpaired) electrons. The average Bonchev–Trinajstić information content (AvgIpc) is 3.18. The van der Waals surface area contributed by atoms with Crippen LogP contribution in [0.1, 0.15) is 27.0 Å². The molecule has 0 aliphatic heterocycles. The van der Waals surface area contributed by atoms with Crippen molar-refractivity contribution in [2.24, 2.45) is 0 Å². The molecule has 2 aromatic heterocycles. The number of thiazole rings is 1. The zero-order chi connectivity index (χ0) is 18.3.